The van der Waals surface area contributed by atoms with Gasteiger partial charge in [-0.2, -0.15) is 0 Å². The van der Waals surface area contributed by atoms with Crippen molar-refractivity contribution in [3.05, 3.63) is 21.9 Å². The third-order valence-electron chi connectivity index (χ3n) is 3.67. The Kier molecular flexibility index (Phi) is 8.52. The predicted molar refractivity (Wildman–Crippen MR) is 99.3 cm³/mol. The highest BCUT2D eigenvalue weighted by Crippen LogP contribution is 2.18. The van der Waals surface area contributed by atoms with E-state index in [4.69, 9.17) is 0 Å². The van der Waals surface area contributed by atoms with Gasteiger partial charge in [0.25, 0.3) is 0 Å². The Hall–Kier alpha value is -0.300. The topological polar surface area (TPSA) is 36.4 Å². The third-order valence-corrected chi connectivity index (χ3v) is 4.90. The van der Waals surface area contributed by atoms with E-state index in [0.717, 1.165) is 18.9 Å². The molecule has 0 bridgehead atoms. The van der Waals surface area contributed by atoms with Crippen molar-refractivity contribution in [3.63, 3.8) is 0 Å². The summed E-state index contributed by atoms with van der Waals surface area (Å²) in [6.07, 6.45) is 7.76. The largest absolute Gasteiger partial charge is 0.354 e. The van der Waals surface area contributed by atoms with Gasteiger partial charge in [-0.1, -0.05) is 26.2 Å². The fraction of sp³-hybridized carbons (Fsp3) is 0.667. The zero-order valence-corrected chi connectivity index (χ0v) is 15.6. The number of thiophene rings is 1. The Morgan fingerprint density at radius 1 is 1.25 bits per heavy atom. The number of halogens is 1. The highest BCUT2D eigenvalue weighted by atomic mass is 127. The van der Waals surface area contributed by atoms with Crippen LogP contribution in [0.1, 0.15) is 48.8 Å². The molecule has 20 heavy (non-hydrogen) atoms. The first-order valence-electron chi connectivity index (χ1n) is 7.36. The van der Waals surface area contributed by atoms with E-state index in [2.05, 4.69) is 34.7 Å². The van der Waals surface area contributed by atoms with E-state index in [1.807, 2.05) is 18.4 Å². The second-order valence-electron chi connectivity index (χ2n) is 5.13. The van der Waals surface area contributed by atoms with E-state index in [9.17, 15) is 0 Å². The SMILES string of the molecule is CCc1ccc(CNC(=NC)NC2CCCCC2)s1.I. The first-order chi connectivity index (χ1) is 9.31. The van der Waals surface area contributed by atoms with Gasteiger partial charge in [-0.05, 0) is 31.4 Å². The molecule has 0 saturated heterocycles. The first-order valence-corrected chi connectivity index (χ1v) is 8.18. The zero-order valence-electron chi connectivity index (χ0n) is 12.4. The van der Waals surface area contributed by atoms with Crippen LogP contribution >= 0.6 is 35.3 Å². The number of nitrogens with zero attached hydrogens (tertiary/aromatic N) is 1. The molecule has 1 aromatic rings. The van der Waals surface area contributed by atoms with E-state index in [1.54, 1.807) is 0 Å². The average molecular weight is 407 g/mol. The molecule has 0 aromatic carbocycles. The van der Waals surface area contributed by atoms with Gasteiger partial charge in [0.15, 0.2) is 5.96 Å². The van der Waals surface area contributed by atoms with Crippen LogP contribution in [-0.2, 0) is 13.0 Å². The standard InChI is InChI=1S/C15H25N3S.HI/c1-3-13-9-10-14(19-13)11-17-15(16-2)18-12-7-5-4-6-8-12;/h9-10,12H,3-8,11H2,1-2H3,(H2,16,17,18);1H. The van der Waals surface area contributed by atoms with Crippen molar-refractivity contribution in [1.29, 1.82) is 0 Å². The minimum atomic E-state index is 0. The molecule has 1 heterocycles. The van der Waals surface area contributed by atoms with Crippen molar-refractivity contribution in [2.75, 3.05) is 7.05 Å². The number of guanidine groups is 1. The summed E-state index contributed by atoms with van der Waals surface area (Å²) in [5.74, 6) is 0.943. The summed E-state index contributed by atoms with van der Waals surface area (Å²) in [7, 11) is 1.85. The summed E-state index contributed by atoms with van der Waals surface area (Å²) in [5, 5.41) is 6.96. The second-order valence-corrected chi connectivity index (χ2v) is 6.38. The van der Waals surface area contributed by atoms with E-state index in [1.165, 1.54) is 41.9 Å². The van der Waals surface area contributed by atoms with Crippen molar-refractivity contribution in [3.8, 4) is 0 Å². The number of rotatable bonds is 4. The Bertz CT molecular complexity index is 411. The highest BCUT2D eigenvalue weighted by molar-refractivity contribution is 14.0. The maximum atomic E-state index is 4.32. The predicted octanol–water partition coefficient (Wildman–Crippen LogP) is 3.93. The summed E-state index contributed by atoms with van der Waals surface area (Å²) in [4.78, 5) is 7.15. The molecule has 0 spiro atoms. The summed E-state index contributed by atoms with van der Waals surface area (Å²) < 4.78 is 0. The average Bonchev–Trinajstić information content (AvgIpc) is 2.92. The van der Waals surface area contributed by atoms with Crippen molar-refractivity contribution in [1.82, 2.24) is 10.6 Å². The van der Waals surface area contributed by atoms with Gasteiger partial charge in [0.05, 0.1) is 6.54 Å². The number of nitrogens with one attached hydrogen (secondary N) is 2. The van der Waals surface area contributed by atoms with Crippen LogP contribution < -0.4 is 10.6 Å². The molecule has 1 aliphatic carbocycles. The minimum Gasteiger partial charge on any atom is -0.354 e. The molecule has 0 aliphatic heterocycles. The van der Waals surface area contributed by atoms with Gasteiger partial charge < -0.3 is 10.6 Å². The van der Waals surface area contributed by atoms with Crippen LogP contribution in [0.15, 0.2) is 17.1 Å². The van der Waals surface area contributed by atoms with Gasteiger partial charge in [0.1, 0.15) is 0 Å². The van der Waals surface area contributed by atoms with E-state index in [-0.39, 0.29) is 24.0 Å². The molecule has 1 aliphatic rings. The fourth-order valence-corrected chi connectivity index (χ4v) is 3.41. The molecule has 114 valence electrons. The molecule has 5 heteroatoms. The fourth-order valence-electron chi connectivity index (χ4n) is 2.51. The van der Waals surface area contributed by atoms with E-state index < -0.39 is 0 Å². The Morgan fingerprint density at radius 2 is 1.95 bits per heavy atom. The highest BCUT2D eigenvalue weighted by Gasteiger charge is 2.14. The van der Waals surface area contributed by atoms with Crippen molar-refractivity contribution in [2.45, 2.75) is 58.0 Å². The van der Waals surface area contributed by atoms with Gasteiger partial charge in [0, 0.05) is 22.8 Å². The molecule has 1 fully saturated rings. The summed E-state index contributed by atoms with van der Waals surface area (Å²) in [6.45, 7) is 3.07. The lowest BCUT2D eigenvalue weighted by Crippen LogP contribution is -2.43. The van der Waals surface area contributed by atoms with Gasteiger partial charge in [-0.15, -0.1) is 35.3 Å². The van der Waals surface area contributed by atoms with Crippen LogP contribution in [0.25, 0.3) is 0 Å². The third kappa shape index (κ3) is 5.60. The molecule has 1 saturated carbocycles. The minimum absolute atomic E-state index is 0. The van der Waals surface area contributed by atoms with E-state index in [0.29, 0.717) is 6.04 Å². The monoisotopic (exact) mass is 407 g/mol. The molecule has 0 unspecified atom stereocenters. The number of hydrogen-bond acceptors (Lipinski definition) is 2. The Balaban J connectivity index is 0.00000200. The molecule has 1 aromatic heterocycles. The van der Waals surface area contributed by atoms with Gasteiger partial charge in [-0.3, -0.25) is 4.99 Å². The van der Waals surface area contributed by atoms with Gasteiger partial charge in [0.2, 0.25) is 0 Å². The molecule has 2 N–H and O–H groups in total. The quantitative estimate of drug-likeness (QED) is 0.451. The first kappa shape index (κ1) is 17.8. The number of aliphatic imine (C=N–C) groups is 1. The second kappa shape index (κ2) is 9.60. The summed E-state index contributed by atoms with van der Waals surface area (Å²) in [5.41, 5.74) is 0. The number of aryl methyl sites for hydroxylation is 1. The lowest BCUT2D eigenvalue weighted by molar-refractivity contribution is 0.410. The zero-order chi connectivity index (χ0) is 13.5. The Morgan fingerprint density at radius 3 is 2.55 bits per heavy atom. The van der Waals surface area contributed by atoms with Crippen LogP contribution in [-0.4, -0.2) is 19.0 Å². The Labute approximate surface area is 143 Å². The molecule has 0 radical (unpaired) electrons. The van der Waals surface area contributed by atoms with Crippen molar-refractivity contribution < 1.29 is 0 Å². The lowest BCUT2D eigenvalue weighted by Gasteiger charge is -2.24. The summed E-state index contributed by atoms with van der Waals surface area (Å²) >= 11 is 1.89. The molecule has 3 nitrogen and oxygen atoms in total. The molecule has 0 atom stereocenters. The molecule has 2 rings (SSSR count). The smallest absolute Gasteiger partial charge is 0.191 e. The van der Waals surface area contributed by atoms with Gasteiger partial charge >= 0.3 is 0 Å². The van der Waals surface area contributed by atoms with E-state index >= 15 is 0 Å². The normalized spacial score (nSPS) is 16.6. The lowest BCUT2D eigenvalue weighted by atomic mass is 9.96. The summed E-state index contributed by atoms with van der Waals surface area (Å²) in [6, 6.07) is 5.04. The number of hydrogen-bond donors (Lipinski definition) is 2. The van der Waals surface area contributed by atoms with Crippen LogP contribution in [0.5, 0.6) is 0 Å². The maximum absolute atomic E-state index is 4.32. The van der Waals surface area contributed by atoms with Crippen molar-refractivity contribution in [2.24, 2.45) is 4.99 Å². The molecular weight excluding hydrogens is 381 g/mol. The van der Waals surface area contributed by atoms with Crippen molar-refractivity contribution >= 4 is 41.3 Å². The van der Waals surface area contributed by atoms with Crippen LogP contribution in [0.4, 0.5) is 0 Å². The van der Waals surface area contributed by atoms with Gasteiger partial charge in [-0.25, -0.2) is 0 Å². The van der Waals surface area contributed by atoms with Crippen LogP contribution in [0, 0.1) is 0 Å². The molecule has 0 amide bonds. The maximum Gasteiger partial charge on any atom is 0.191 e. The van der Waals surface area contributed by atoms with Crippen LogP contribution in [0.2, 0.25) is 0 Å². The van der Waals surface area contributed by atoms with Crippen LogP contribution in [0.3, 0.4) is 0 Å². The molecular formula is C15H26IN3S.